The van der Waals surface area contributed by atoms with Gasteiger partial charge in [-0.2, -0.15) is 0 Å². The number of piperidine rings is 1. The number of carbonyl (C=O) groups is 1. The van der Waals surface area contributed by atoms with Crippen LogP contribution < -0.4 is 0 Å². The summed E-state index contributed by atoms with van der Waals surface area (Å²) in [6, 6.07) is 5.02. The highest BCUT2D eigenvalue weighted by Crippen LogP contribution is 2.36. The number of likely N-dealkylation sites (tertiary alicyclic amines) is 1. The summed E-state index contributed by atoms with van der Waals surface area (Å²) in [5, 5.41) is 0. The van der Waals surface area contributed by atoms with Gasteiger partial charge < -0.3 is 4.90 Å². The molecule has 2 aliphatic rings. The van der Waals surface area contributed by atoms with E-state index in [1.54, 1.807) is 12.1 Å². The molecular weight excluding hydrogens is 321 g/mol. The first-order valence-corrected chi connectivity index (χ1v) is 8.22. The van der Waals surface area contributed by atoms with Crippen molar-refractivity contribution in [2.24, 2.45) is 5.92 Å². The lowest BCUT2D eigenvalue weighted by molar-refractivity contribution is 0.0386. The predicted octanol–water partition coefficient (Wildman–Crippen LogP) is 4.38. The third-order valence-electron chi connectivity index (χ3n) is 4.67. The van der Waals surface area contributed by atoms with Crippen LogP contribution in [0, 0.1) is 11.7 Å². The first kappa shape index (κ1) is 14.1. The summed E-state index contributed by atoms with van der Waals surface area (Å²) >= 11 is 3.23. The van der Waals surface area contributed by atoms with Gasteiger partial charge in [0.25, 0.3) is 5.91 Å². The minimum absolute atomic E-state index is 0.133. The van der Waals surface area contributed by atoms with Gasteiger partial charge in [-0.1, -0.05) is 28.8 Å². The Balaban J connectivity index is 1.85. The zero-order chi connectivity index (χ0) is 14.1. The van der Waals surface area contributed by atoms with Crippen LogP contribution in [0.15, 0.2) is 22.7 Å². The number of amides is 1. The monoisotopic (exact) mass is 339 g/mol. The number of benzene rings is 1. The van der Waals surface area contributed by atoms with Crippen molar-refractivity contribution in [2.75, 3.05) is 6.54 Å². The predicted molar refractivity (Wildman–Crippen MR) is 80.1 cm³/mol. The largest absolute Gasteiger partial charge is 0.335 e. The maximum Gasteiger partial charge on any atom is 0.257 e. The van der Waals surface area contributed by atoms with Crippen LogP contribution in [-0.2, 0) is 0 Å². The Morgan fingerprint density at radius 2 is 1.95 bits per heavy atom. The molecule has 2 nitrogen and oxygen atoms in total. The minimum Gasteiger partial charge on any atom is -0.335 e. The van der Waals surface area contributed by atoms with Crippen molar-refractivity contribution < 1.29 is 9.18 Å². The summed E-state index contributed by atoms with van der Waals surface area (Å²) < 4.78 is 14.7. The highest BCUT2D eigenvalue weighted by molar-refractivity contribution is 9.10. The molecule has 0 aromatic heterocycles. The maximum absolute atomic E-state index is 14.0. The van der Waals surface area contributed by atoms with Crippen LogP contribution >= 0.6 is 15.9 Å². The number of hydrogen-bond acceptors (Lipinski definition) is 1. The van der Waals surface area contributed by atoms with Crippen LogP contribution in [0.1, 0.15) is 48.9 Å². The normalized spacial score (nSPS) is 26.2. The molecule has 1 aliphatic carbocycles. The third kappa shape index (κ3) is 2.62. The molecule has 0 N–H and O–H groups in total. The number of halogens is 2. The Morgan fingerprint density at radius 3 is 2.75 bits per heavy atom. The molecule has 4 heteroatoms. The number of fused-ring (bicyclic) bond motifs is 1. The van der Waals surface area contributed by atoms with Gasteiger partial charge in [-0.15, -0.1) is 0 Å². The van der Waals surface area contributed by atoms with E-state index < -0.39 is 5.82 Å². The fourth-order valence-corrected chi connectivity index (χ4v) is 4.03. The van der Waals surface area contributed by atoms with Crippen LogP contribution in [0.4, 0.5) is 4.39 Å². The van der Waals surface area contributed by atoms with Gasteiger partial charge in [-0.05, 0) is 49.8 Å². The molecular formula is C16H19BrFNO. The van der Waals surface area contributed by atoms with Crippen molar-refractivity contribution in [3.8, 4) is 0 Å². The Hall–Kier alpha value is -0.900. The standard InChI is InChI=1S/C16H19BrFNO/c17-12-7-8-13(14(18)10-12)16(20)19-9-3-5-11-4-1-2-6-15(11)19/h7-8,10-11,15H,1-6,9H2. The molecule has 1 saturated heterocycles. The van der Waals surface area contributed by atoms with Gasteiger partial charge >= 0.3 is 0 Å². The molecule has 0 spiro atoms. The first-order chi connectivity index (χ1) is 9.66. The van der Waals surface area contributed by atoms with E-state index >= 15 is 0 Å². The lowest BCUT2D eigenvalue weighted by Crippen LogP contribution is -2.49. The maximum atomic E-state index is 14.0. The number of hydrogen-bond donors (Lipinski definition) is 0. The molecule has 0 bridgehead atoms. The van der Waals surface area contributed by atoms with Crippen molar-refractivity contribution in [3.63, 3.8) is 0 Å². The smallest absolute Gasteiger partial charge is 0.257 e. The van der Waals surface area contributed by atoms with E-state index in [0.717, 1.165) is 19.4 Å². The van der Waals surface area contributed by atoms with Gasteiger partial charge in [-0.25, -0.2) is 4.39 Å². The van der Waals surface area contributed by atoms with Gasteiger partial charge in [0.15, 0.2) is 0 Å². The number of rotatable bonds is 1. The number of nitrogens with zero attached hydrogens (tertiary/aromatic N) is 1. The summed E-state index contributed by atoms with van der Waals surface area (Å²) in [5.41, 5.74) is 0.208. The van der Waals surface area contributed by atoms with Crippen LogP contribution in [0.25, 0.3) is 0 Å². The fraction of sp³-hybridized carbons (Fsp3) is 0.562. The average Bonchev–Trinajstić information content (AvgIpc) is 2.46. The van der Waals surface area contributed by atoms with Gasteiger partial charge in [0.1, 0.15) is 5.82 Å². The summed E-state index contributed by atoms with van der Waals surface area (Å²) in [5.74, 6) is 0.0638. The second kappa shape index (κ2) is 5.84. The lowest BCUT2D eigenvalue weighted by atomic mass is 9.78. The van der Waals surface area contributed by atoms with Crippen LogP contribution in [0.5, 0.6) is 0 Å². The summed E-state index contributed by atoms with van der Waals surface area (Å²) in [4.78, 5) is 14.6. The minimum atomic E-state index is -0.428. The quantitative estimate of drug-likeness (QED) is 0.743. The zero-order valence-corrected chi connectivity index (χ0v) is 13.0. The molecule has 1 saturated carbocycles. The highest BCUT2D eigenvalue weighted by Gasteiger charge is 2.36. The van der Waals surface area contributed by atoms with Gasteiger partial charge in [0.2, 0.25) is 0 Å². The molecule has 3 rings (SSSR count). The molecule has 1 aliphatic heterocycles. The lowest BCUT2D eigenvalue weighted by Gasteiger charge is -2.44. The molecule has 2 atom stereocenters. The second-order valence-electron chi connectivity index (χ2n) is 5.88. The van der Waals surface area contributed by atoms with Crippen LogP contribution in [0.2, 0.25) is 0 Å². The van der Waals surface area contributed by atoms with Crippen molar-refractivity contribution in [1.82, 2.24) is 4.90 Å². The number of carbonyl (C=O) groups excluding carboxylic acids is 1. The molecule has 1 heterocycles. The molecule has 2 unspecified atom stereocenters. The summed E-state index contributed by atoms with van der Waals surface area (Å²) in [6.07, 6.45) is 7.03. The molecule has 1 aromatic carbocycles. The molecule has 0 radical (unpaired) electrons. The summed E-state index contributed by atoms with van der Waals surface area (Å²) in [6.45, 7) is 0.773. The van der Waals surface area contributed by atoms with Gasteiger partial charge in [0, 0.05) is 17.1 Å². The summed E-state index contributed by atoms with van der Waals surface area (Å²) in [7, 11) is 0. The van der Waals surface area contributed by atoms with Gasteiger partial charge in [-0.3, -0.25) is 4.79 Å². The molecule has 20 heavy (non-hydrogen) atoms. The van der Waals surface area contributed by atoms with Crippen LogP contribution in [0.3, 0.4) is 0 Å². The van der Waals surface area contributed by atoms with Crippen molar-refractivity contribution in [2.45, 2.75) is 44.6 Å². The van der Waals surface area contributed by atoms with Gasteiger partial charge in [0.05, 0.1) is 5.56 Å². The van der Waals surface area contributed by atoms with E-state index in [4.69, 9.17) is 0 Å². The SMILES string of the molecule is O=C(c1ccc(Br)cc1F)N1CCCC2CCCCC21. The van der Waals surface area contributed by atoms with E-state index in [1.165, 1.54) is 31.7 Å². The Bertz CT molecular complexity index is 517. The molecule has 1 amide bonds. The first-order valence-electron chi connectivity index (χ1n) is 7.43. The second-order valence-corrected chi connectivity index (χ2v) is 6.79. The average molecular weight is 340 g/mol. The molecule has 1 aromatic rings. The van der Waals surface area contributed by atoms with E-state index in [1.807, 2.05) is 4.90 Å². The fourth-order valence-electron chi connectivity index (χ4n) is 3.69. The van der Waals surface area contributed by atoms with E-state index in [2.05, 4.69) is 15.9 Å². The van der Waals surface area contributed by atoms with E-state index in [9.17, 15) is 9.18 Å². The van der Waals surface area contributed by atoms with E-state index in [-0.39, 0.29) is 11.5 Å². The van der Waals surface area contributed by atoms with E-state index in [0.29, 0.717) is 16.4 Å². The Kier molecular flexibility index (Phi) is 4.11. The highest BCUT2D eigenvalue weighted by atomic mass is 79.9. The molecule has 2 fully saturated rings. The van der Waals surface area contributed by atoms with Crippen LogP contribution in [-0.4, -0.2) is 23.4 Å². The van der Waals surface area contributed by atoms with Crippen molar-refractivity contribution >= 4 is 21.8 Å². The Morgan fingerprint density at radius 1 is 1.20 bits per heavy atom. The van der Waals surface area contributed by atoms with Crippen molar-refractivity contribution in [3.05, 3.63) is 34.1 Å². The Labute approximate surface area is 127 Å². The molecule has 108 valence electrons. The zero-order valence-electron chi connectivity index (χ0n) is 11.4. The van der Waals surface area contributed by atoms with Crippen molar-refractivity contribution in [1.29, 1.82) is 0 Å². The topological polar surface area (TPSA) is 20.3 Å². The third-order valence-corrected chi connectivity index (χ3v) is 5.16.